The molecule has 102 valence electrons. The van der Waals surface area contributed by atoms with Gasteiger partial charge in [-0.3, -0.25) is 0 Å². The van der Waals surface area contributed by atoms with E-state index in [2.05, 4.69) is 5.32 Å². The van der Waals surface area contributed by atoms with Crippen molar-refractivity contribution in [2.45, 2.75) is 12.5 Å². The van der Waals surface area contributed by atoms with E-state index in [9.17, 15) is 19.1 Å². The predicted octanol–water partition coefficient (Wildman–Crippen LogP) is 1.12. The van der Waals surface area contributed by atoms with Crippen molar-refractivity contribution in [1.29, 1.82) is 0 Å². The molecule has 1 aliphatic heterocycles. The van der Waals surface area contributed by atoms with Gasteiger partial charge in [-0.15, -0.1) is 0 Å². The first-order chi connectivity index (χ1) is 8.97. The zero-order valence-corrected chi connectivity index (χ0v) is 9.97. The molecule has 1 heterocycles. The van der Waals surface area contributed by atoms with Gasteiger partial charge in [-0.1, -0.05) is 0 Å². The molecule has 7 heteroatoms. The van der Waals surface area contributed by atoms with Crippen molar-refractivity contribution < 1.29 is 24.2 Å². The van der Waals surface area contributed by atoms with Gasteiger partial charge >= 0.3 is 12.0 Å². The lowest BCUT2D eigenvalue weighted by atomic mass is 10.2. The van der Waals surface area contributed by atoms with E-state index in [0.717, 1.165) is 12.1 Å². The van der Waals surface area contributed by atoms with E-state index >= 15 is 0 Å². The molecule has 6 nitrogen and oxygen atoms in total. The summed E-state index contributed by atoms with van der Waals surface area (Å²) in [7, 11) is 0. The SMILES string of the molecule is O=C(O)c1ccc(NC(=O)N2CCC(O)C2)cc1F. The second kappa shape index (κ2) is 5.23. The Morgan fingerprint density at radius 1 is 1.42 bits per heavy atom. The van der Waals surface area contributed by atoms with Crippen LogP contribution in [0.5, 0.6) is 0 Å². The Kier molecular flexibility index (Phi) is 3.66. The molecule has 2 rings (SSSR count). The number of carbonyl (C=O) groups is 2. The van der Waals surface area contributed by atoms with E-state index in [4.69, 9.17) is 5.11 Å². The van der Waals surface area contributed by atoms with E-state index < -0.39 is 29.5 Å². The zero-order chi connectivity index (χ0) is 14.0. The minimum atomic E-state index is -1.36. The zero-order valence-electron chi connectivity index (χ0n) is 9.97. The fourth-order valence-corrected chi connectivity index (χ4v) is 1.90. The van der Waals surface area contributed by atoms with Gasteiger partial charge in [0.15, 0.2) is 0 Å². The Balaban J connectivity index is 2.05. The molecule has 0 spiro atoms. The number of amides is 2. The van der Waals surface area contributed by atoms with Gasteiger partial charge in [0.2, 0.25) is 0 Å². The maximum atomic E-state index is 13.4. The Morgan fingerprint density at radius 3 is 2.68 bits per heavy atom. The summed E-state index contributed by atoms with van der Waals surface area (Å²) in [5, 5.41) is 20.4. The van der Waals surface area contributed by atoms with Crippen LogP contribution < -0.4 is 5.32 Å². The molecule has 3 N–H and O–H groups in total. The van der Waals surface area contributed by atoms with Crippen LogP contribution in [0.4, 0.5) is 14.9 Å². The number of urea groups is 1. The second-order valence-electron chi connectivity index (χ2n) is 4.32. The molecule has 0 aromatic heterocycles. The van der Waals surface area contributed by atoms with Gasteiger partial charge in [0, 0.05) is 18.8 Å². The topological polar surface area (TPSA) is 89.9 Å². The molecule has 1 unspecified atom stereocenters. The number of aliphatic hydroxyl groups excluding tert-OH is 1. The van der Waals surface area contributed by atoms with Gasteiger partial charge in [0.25, 0.3) is 0 Å². The quantitative estimate of drug-likeness (QED) is 0.749. The number of halogens is 1. The summed E-state index contributed by atoms with van der Waals surface area (Å²) in [5.41, 5.74) is -0.275. The van der Waals surface area contributed by atoms with Crippen LogP contribution in [0.3, 0.4) is 0 Å². The van der Waals surface area contributed by atoms with Crippen LogP contribution in [0.1, 0.15) is 16.8 Å². The summed E-state index contributed by atoms with van der Waals surface area (Å²) in [6.07, 6.45) is -0.0170. The van der Waals surface area contributed by atoms with E-state index in [1.807, 2.05) is 0 Å². The molecule has 2 amide bonds. The van der Waals surface area contributed by atoms with Gasteiger partial charge in [0.1, 0.15) is 5.82 Å². The smallest absolute Gasteiger partial charge is 0.338 e. The largest absolute Gasteiger partial charge is 0.478 e. The molecule has 1 aromatic carbocycles. The summed E-state index contributed by atoms with van der Waals surface area (Å²) in [6, 6.07) is 2.91. The number of benzene rings is 1. The first-order valence-corrected chi connectivity index (χ1v) is 5.74. The lowest BCUT2D eigenvalue weighted by molar-refractivity contribution is 0.0692. The highest BCUT2D eigenvalue weighted by atomic mass is 19.1. The number of aromatic carboxylic acids is 1. The van der Waals surface area contributed by atoms with Crippen molar-refractivity contribution in [3.05, 3.63) is 29.6 Å². The third-order valence-electron chi connectivity index (χ3n) is 2.90. The van der Waals surface area contributed by atoms with Crippen LogP contribution in [0.2, 0.25) is 0 Å². The highest BCUT2D eigenvalue weighted by Gasteiger charge is 2.24. The third kappa shape index (κ3) is 3.00. The van der Waals surface area contributed by atoms with Crippen LogP contribution in [-0.2, 0) is 0 Å². The fraction of sp³-hybridized carbons (Fsp3) is 0.333. The minimum Gasteiger partial charge on any atom is -0.478 e. The van der Waals surface area contributed by atoms with Crippen molar-refractivity contribution in [1.82, 2.24) is 4.90 Å². The van der Waals surface area contributed by atoms with Crippen molar-refractivity contribution >= 4 is 17.7 Å². The number of likely N-dealkylation sites (tertiary alicyclic amines) is 1. The molecule has 19 heavy (non-hydrogen) atoms. The first kappa shape index (κ1) is 13.3. The van der Waals surface area contributed by atoms with E-state index in [1.165, 1.54) is 11.0 Å². The molecule has 0 radical (unpaired) electrons. The molecular formula is C12H13FN2O4. The van der Waals surface area contributed by atoms with Gasteiger partial charge < -0.3 is 20.4 Å². The number of hydrogen-bond donors (Lipinski definition) is 3. The Morgan fingerprint density at radius 2 is 2.16 bits per heavy atom. The van der Waals surface area contributed by atoms with Gasteiger partial charge in [-0.05, 0) is 24.6 Å². The number of anilines is 1. The number of nitrogens with zero attached hydrogens (tertiary/aromatic N) is 1. The maximum absolute atomic E-state index is 13.4. The molecule has 0 saturated carbocycles. The average molecular weight is 268 g/mol. The summed E-state index contributed by atoms with van der Waals surface area (Å²) < 4.78 is 13.4. The highest BCUT2D eigenvalue weighted by Crippen LogP contribution is 2.16. The van der Waals surface area contributed by atoms with Gasteiger partial charge in [-0.2, -0.15) is 0 Å². The van der Waals surface area contributed by atoms with Crippen molar-refractivity contribution in [2.75, 3.05) is 18.4 Å². The number of carboxylic acid groups (broad SMARTS) is 1. The van der Waals surface area contributed by atoms with Gasteiger partial charge in [-0.25, -0.2) is 14.0 Å². The molecule has 1 aliphatic rings. The van der Waals surface area contributed by atoms with Crippen molar-refractivity contribution in [3.63, 3.8) is 0 Å². The van der Waals surface area contributed by atoms with Crippen LogP contribution in [0.15, 0.2) is 18.2 Å². The number of nitrogens with one attached hydrogen (secondary N) is 1. The third-order valence-corrected chi connectivity index (χ3v) is 2.90. The summed E-state index contributed by atoms with van der Waals surface area (Å²) >= 11 is 0. The first-order valence-electron chi connectivity index (χ1n) is 5.74. The lowest BCUT2D eigenvalue weighted by Crippen LogP contribution is -2.33. The van der Waals surface area contributed by atoms with Gasteiger partial charge in [0.05, 0.1) is 11.7 Å². The molecule has 1 fully saturated rings. The number of carbonyl (C=O) groups excluding carboxylic acids is 1. The van der Waals surface area contributed by atoms with Crippen LogP contribution in [0, 0.1) is 5.82 Å². The molecule has 0 aliphatic carbocycles. The molecule has 0 bridgehead atoms. The van der Waals surface area contributed by atoms with E-state index in [-0.39, 0.29) is 12.2 Å². The van der Waals surface area contributed by atoms with Crippen LogP contribution >= 0.6 is 0 Å². The highest BCUT2D eigenvalue weighted by molar-refractivity contribution is 5.92. The maximum Gasteiger partial charge on any atom is 0.338 e. The van der Waals surface area contributed by atoms with E-state index in [1.54, 1.807) is 0 Å². The number of rotatable bonds is 2. The predicted molar refractivity (Wildman–Crippen MR) is 64.6 cm³/mol. The van der Waals surface area contributed by atoms with Crippen molar-refractivity contribution in [2.24, 2.45) is 0 Å². The van der Waals surface area contributed by atoms with E-state index in [0.29, 0.717) is 13.0 Å². The average Bonchev–Trinajstić information content (AvgIpc) is 2.75. The standard InChI is InChI=1S/C12H13FN2O4/c13-10-5-7(1-2-9(10)11(17)18)14-12(19)15-4-3-8(16)6-15/h1-2,5,8,16H,3-4,6H2,(H,14,19)(H,17,18). The number of carboxylic acids is 1. The summed E-state index contributed by atoms with van der Waals surface area (Å²) in [4.78, 5) is 23.8. The molecule has 1 atom stereocenters. The van der Waals surface area contributed by atoms with Crippen molar-refractivity contribution in [3.8, 4) is 0 Å². The minimum absolute atomic E-state index is 0.175. The number of aliphatic hydroxyl groups is 1. The molecule has 1 saturated heterocycles. The number of hydrogen-bond acceptors (Lipinski definition) is 3. The summed E-state index contributed by atoms with van der Waals surface area (Å²) in [5.74, 6) is -2.27. The fourth-order valence-electron chi connectivity index (χ4n) is 1.90. The normalized spacial score (nSPS) is 18.4. The van der Waals surface area contributed by atoms with Crippen LogP contribution in [-0.4, -0.2) is 46.3 Å². The molecular weight excluding hydrogens is 255 g/mol. The number of β-amino-alcohol motifs (C(OH)–C–C–N with tert-alkyl or cyclic N) is 1. The van der Waals surface area contributed by atoms with Crippen LogP contribution in [0.25, 0.3) is 0 Å². The monoisotopic (exact) mass is 268 g/mol. The Bertz CT molecular complexity index is 520. The Labute approximate surface area is 108 Å². The second-order valence-corrected chi connectivity index (χ2v) is 4.32. The molecule has 1 aromatic rings. The lowest BCUT2D eigenvalue weighted by Gasteiger charge is -2.16. The Hall–Kier alpha value is -2.15. The summed E-state index contributed by atoms with van der Waals surface area (Å²) in [6.45, 7) is 0.671.